The predicted molar refractivity (Wildman–Crippen MR) is 130 cm³/mol. The molecule has 1 aromatic carbocycles. The van der Waals surface area contributed by atoms with Gasteiger partial charge in [0, 0.05) is 70.6 Å². The molecule has 0 radical (unpaired) electrons. The number of amides is 1. The van der Waals surface area contributed by atoms with E-state index < -0.39 is 5.79 Å². The lowest BCUT2D eigenvalue weighted by Crippen LogP contribution is -2.48. The molecule has 184 valence electrons. The molecule has 0 saturated carbocycles. The lowest BCUT2D eigenvalue weighted by molar-refractivity contribution is -0.169. The van der Waals surface area contributed by atoms with Crippen molar-refractivity contribution in [3.05, 3.63) is 48.3 Å². The van der Waals surface area contributed by atoms with E-state index in [-0.39, 0.29) is 5.91 Å². The minimum absolute atomic E-state index is 0.156. The van der Waals surface area contributed by atoms with Gasteiger partial charge in [0.1, 0.15) is 5.82 Å². The van der Waals surface area contributed by atoms with Gasteiger partial charge in [0.05, 0.1) is 13.2 Å². The molecule has 3 aliphatic heterocycles. The molecule has 10 heteroatoms. The molecule has 0 aliphatic carbocycles. The number of carbonyl (C=O) groups excluding carboxylic acids is 1. The number of fused-ring (bicyclic) bond motifs is 1. The molecule has 35 heavy (non-hydrogen) atoms. The Kier molecular flexibility index (Phi) is 5.99. The van der Waals surface area contributed by atoms with Crippen LogP contribution in [-0.4, -0.2) is 88.9 Å². The van der Waals surface area contributed by atoms with Crippen molar-refractivity contribution in [3.8, 4) is 0 Å². The highest BCUT2D eigenvalue weighted by Crippen LogP contribution is 2.32. The summed E-state index contributed by atoms with van der Waals surface area (Å²) in [4.78, 5) is 19.4. The number of hydrogen-bond donors (Lipinski definition) is 0. The van der Waals surface area contributed by atoms with Crippen LogP contribution in [0.2, 0.25) is 0 Å². The Labute approximate surface area is 204 Å². The summed E-state index contributed by atoms with van der Waals surface area (Å²) in [7, 11) is 0. The number of para-hydroxylation sites is 1. The molecule has 3 aromatic rings. The van der Waals surface area contributed by atoms with Gasteiger partial charge in [-0.2, -0.15) is 4.52 Å². The van der Waals surface area contributed by atoms with E-state index in [1.54, 1.807) is 4.52 Å². The van der Waals surface area contributed by atoms with E-state index in [2.05, 4.69) is 44.3 Å². The number of nitrogens with zero attached hydrogens (tertiary/aromatic N) is 7. The van der Waals surface area contributed by atoms with Crippen LogP contribution in [-0.2, 0) is 20.7 Å². The lowest BCUT2D eigenvalue weighted by atomic mass is 10.0. The lowest BCUT2D eigenvalue weighted by Gasteiger charge is -2.38. The van der Waals surface area contributed by atoms with Crippen molar-refractivity contribution in [1.82, 2.24) is 24.7 Å². The molecule has 0 bridgehead atoms. The standard InChI is InChI=1S/C25H31N7O3/c33-24(31-16-14-29(15-17-31)20-4-2-1-3-5-20)9-8-22-27-26-21-6-7-23(28-32(21)22)30-12-10-25(11-13-30)34-18-19-35-25/h1-7H,8-19H2. The highest BCUT2D eigenvalue weighted by atomic mass is 16.7. The van der Waals surface area contributed by atoms with Gasteiger partial charge in [-0.25, -0.2) is 0 Å². The van der Waals surface area contributed by atoms with Crippen LogP contribution in [0, 0.1) is 0 Å². The molecule has 0 atom stereocenters. The summed E-state index contributed by atoms with van der Waals surface area (Å²) in [6, 6.07) is 14.3. The van der Waals surface area contributed by atoms with Crippen LogP contribution < -0.4 is 9.80 Å². The third kappa shape index (κ3) is 4.55. The van der Waals surface area contributed by atoms with Gasteiger partial charge in [-0.15, -0.1) is 15.3 Å². The average molecular weight is 478 g/mol. The number of aryl methyl sites for hydroxylation is 1. The van der Waals surface area contributed by atoms with Crippen LogP contribution >= 0.6 is 0 Å². The minimum Gasteiger partial charge on any atom is -0.368 e. The zero-order chi connectivity index (χ0) is 23.7. The van der Waals surface area contributed by atoms with Crippen LogP contribution in [0.5, 0.6) is 0 Å². The second kappa shape index (κ2) is 9.43. The van der Waals surface area contributed by atoms with Gasteiger partial charge in [-0.1, -0.05) is 18.2 Å². The molecule has 0 unspecified atom stereocenters. The normalized spacial score (nSPS) is 20.2. The highest BCUT2D eigenvalue weighted by molar-refractivity contribution is 5.76. The van der Waals surface area contributed by atoms with E-state index in [1.165, 1.54) is 5.69 Å². The van der Waals surface area contributed by atoms with Crippen LogP contribution in [0.15, 0.2) is 42.5 Å². The van der Waals surface area contributed by atoms with Gasteiger partial charge in [0.2, 0.25) is 5.91 Å². The number of hydrogen-bond acceptors (Lipinski definition) is 8. The summed E-state index contributed by atoms with van der Waals surface area (Å²) in [5.41, 5.74) is 1.91. The molecule has 3 fully saturated rings. The highest BCUT2D eigenvalue weighted by Gasteiger charge is 2.40. The Bertz CT molecular complexity index is 1160. The molecule has 10 nitrogen and oxygen atoms in total. The first-order valence-corrected chi connectivity index (χ1v) is 12.5. The van der Waals surface area contributed by atoms with Crippen molar-refractivity contribution < 1.29 is 14.3 Å². The zero-order valence-corrected chi connectivity index (χ0v) is 19.9. The fraction of sp³-hybridized carbons (Fsp3) is 0.520. The zero-order valence-electron chi connectivity index (χ0n) is 19.9. The number of anilines is 2. The van der Waals surface area contributed by atoms with Gasteiger partial charge < -0.3 is 24.2 Å². The van der Waals surface area contributed by atoms with Crippen molar-refractivity contribution in [3.63, 3.8) is 0 Å². The van der Waals surface area contributed by atoms with Gasteiger partial charge in [0.15, 0.2) is 17.3 Å². The number of aromatic nitrogens is 4. The Morgan fingerprint density at radius 2 is 1.60 bits per heavy atom. The smallest absolute Gasteiger partial charge is 0.223 e. The SMILES string of the molecule is O=C(CCc1nnc2ccc(N3CCC4(CC3)OCCO4)nn12)N1CCN(c2ccccc2)CC1. The summed E-state index contributed by atoms with van der Waals surface area (Å²) < 4.78 is 13.5. The number of benzene rings is 1. The number of ether oxygens (including phenoxy) is 2. The maximum atomic E-state index is 12.9. The third-order valence-corrected chi connectivity index (χ3v) is 7.29. The van der Waals surface area contributed by atoms with E-state index in [4.69, 9.17) is 14.6 Å². The van der Waals surface area contributed by atoms with Crippen LogP contribution in [0.3, 0.4) is 0 Å². The fourth-order valence-corrected chi connectivity index (χ4v) is 5.24. The quantitative estimate of drug-likeness (QED) is 0.549. The molecule has 5 heterocycles. The van der Waals surface area contributed by atoms with E-state index in [0.29, 0.717) is 37.5 Å². The molecular formula is C25H31N7O3. The minimum atomic E-state index is -0.407. The Balaban J connectivity index is 1.06. The Morgan fingerprint density at radius 1 is 0.857 bits per heavy atom. The summed E-state index contributed by atoms with van der Waals surface area (Å²) >= 11 is 0. The third-order valence-electron chi connectivity index (χ3n) is 7.29. The van der Waals surface area contributed by atoms with E-state index in [9.17, 15) is 4.79 Å². The van der Waals surface area contributed by atoms with Crippen molar-refractivity contribution in [2.45, 2.75) is 31.5 Å². The molecule has 0 N–H and O–H groups in total. The first-order valence-electron chi connectivity index (χ1n) is 12.5. The van der Waals surface area contributed by atoms with Gasteiger partial charge in [-0.05, 0) is 24.3 Å². The molecule has 3 saturated heterocycles. The Hall–Kier alpha value is -3.24. The molecule has 2 aromatic heterocycles. The number of piperazine rings is 1. The molecule has 3 aliphatic rings. The maximum Gasteiger partial charge on any atom is 0.223 e. The molecule has 1 amide bonds. The first-order chi connectivity index (χ1) is 17.2. The van der Waals surface area contributed by atoms with Gasteiger partial charge in [-0.3, -0.25) is 4.79 Å². The van der Waals surface area contributed by atoms with E-state index in [1.807, 2.05) is 23.1 Å². The second-order valence-corrected chi connectivity index (χ2v) is 9.38. The molecule has 1 spiro atoms. The summed E-state index contributed by atoms with van der Waals surface area (Å²) in [6.45, 7) is 6.17. The largest absolute Gasteiger partial charge is 0.368 e. The number of piperidine rings is 1. The first kappa shape index (κ1) is 22.2. The van der Waals surface area contributed by atoms with Crippen molar-refractivity contribution in [2.24, 2.45) is 0 Å². The maximum absolute atomic E-state index is 12.9. The monoisotopic (exact) mass is 477 g/mol. The van der Waals surface area contributed by atoms with E-state index in [0.717, 1.165) is 57.9 Å². The van der Waals surface area contributed by atoms with Crippen LogP contribution in [0.4, 0.5) is 11.5 Å². The van der Waals surface area contributed by atoms with Crippen LogP contribution in [0.1, 0.15) is 25.1 Å². The summed E-state index contributed by atoms with van der Waals surface area (Å²) in [5, 5.41) is 13.4. The predicted octanol–water partition coefficient (Wildman–Crippen LogP) is 1.75. The van der Waals surface area contributed by atoms with Gasteiger partial charge in [0.25, 0.3) is 0 Å². The number of carbonyl (C=O) groups is 1. The molecule has 6 rings (SSSR count). The van der Waals surface area contributed by atoms with Crippen LogP contribution in [0.25, 0.3) is 5.65 Å². The number of rotatable bonds is 5. The Morgan fingerprint density at radius 3 is 2.34 bits per heavy atom. The van der Waals surface area contributed by atoms with Crippen molar-refractivity contribution >= 4 is 23.1 Å². The van der Waals surface area contributed by atoms with Gasteiger partial charge >= 0.3 is 0 Å². The van der Waals surface area contributed by atoms with Crippen molar-refractivity contribution in [2.75, 3.05) is 62.3 Å². The van der Waals surface area contributed by atoms with Crippen molar-refractivity contribution in [1.29, 1.82) is 0 Å². The molecular weight excluding hydrogens is 446 g/mol. The summed E-state index contributed by atoms with van der Waals surface area (Å²) in [5.74, 6) is 1.35. The fourth-order valence-electron chi connectivity index (χ4n) is 5.24. The summed E-state index contributed by atoms with van der Waals surface area (Å²) in [6.07, 6.45) is 2.57. The second-order valence-electron chi connectivity index (χ2n) is 9.38. The van der Waals surface area contributed by atoms with E-state index >= 15 is 0 Å². The topological polar surface area (TPSA) is 88.3 Å². The average Bonchev–Trinajstić information content (AvgIpc) is 3.55.